The number of carboxylic acids is 1. The SMILES string of the molecule is CCCCN(C(=O)CSc1nnnn1-c1c(C)cc(C)cc1C)c1ccc(C(=O)[O-])c(CC)c1. The number of carbonyl (C=O) groups excluding carboxylic acids is 2. The molecule has 1 amide bonds. The first-order chi connectivity index (χ1) is 16.3. The van der Waals surface area contributed by atoms with Gasteiger partial charge in [0, 0.05) is 17.8 Å². The molecule has 3 aromatic rings. The summed E-state index contributed by atoms with van der Waals surface area (Å²) in [5.41, 5.74) is 5.69. The Morgan fingerprint density at radius 3 is 2.41 bits per heavy atom. The van der Waals surface area contributed by atoms with Gasteiger partial charge in [0.15, 0.2) is 0 Å². The molecule has 1 aromatic heterocycles. The zero-order valence-corrected chi connectivity index (χ0v) is 21.1. The molecule has 0 N–H and O–H groups in total. The standard InChI is InChI=1S/C25H31N5O3S/c1-6-8-11-29(20-9-10-21(24(32)33)19(7-2)14-20)22(31)15-34-25-26-27-28-30(25)23-17(4)12-16(3)13-18(23)5/h9-10,12-14H,6-8,11,15H2,1-5H3,(H,32,33)/p-1. The Hall–Kier alpha value is -3.20. The number of rotatable bonds is 10. The van der Waals surface area contributed by atoms with Crippen LogP contribution in [0.3, 0.4) is 0 Å². The highest BCUT2D eigenvalue weighted by Crippen LogP contribution is 2.26. The second-order valence-electron chi connectivity index (χ2n) is 8.29. The molecule has 0 aliphatic heterocycles. The van der Waals surface area contributed by atoms with Gasteiger partial charge in [0.2, 0.25) is 11.1 Å². The molecule has 34 heavy (non-hydrogen) atoms. The first kappa shape index (κ1) is 25.4. The van der Waals surface area contributed by atoms with Crippen molar-refractivity contribution in [2.45, 2.75) is 59.0 Å². The Morgan fingerprint density at radius 2 is 1.79 bits per heavy atom. The second kappa shape index (κ2) is 11.3. The molecule has 0 saturated carbocycles. The number of aromatic nitrogens is 4. The maximum Gasteiger partial charge on any atom is 0.237 e. The molecule has 0 aliphatic carbocycles. The van der Waals surface area contributed by atoms with E-state index in [1.54, 1.807) is 21.7 Å². The van der Waals surface area contributed by atoms with Crippen LogP contribution in [0.5, 0.6) is 0 Å². The molecule has 0 fully saturated rings. The minimum atomic E-state index is -1.21. The van der Waals surface area contributed by atoms with Crippen molar-refractivity contribution in [2.24, 2.45) is 0 Å². The maximum atomic E-state index is 13.3. The average Bonchev–Trinajstić information content (AvgIpc) is 3.25. The van der Waals surface area contributed by atoms with E-state index in [1.807, 2.05) is 27.7 Å². The molecule has 0 aliphatic rings. The van der Waals surface area contributed by atoms with Gasteiger partial charge in [0.25, 0.3) is 0 Å². The van der Waals surface area contributed by atoms with Crippen molar-refractivity contribution in [1.82, 2.24) is 20.2 Å². The minimum absolute atomic E-state index is 0.0893. The fraction of sp³-hybridized carbons (Fsp3) is 0.400. The third-order valence-electron chi connectivity index (χ3n) is 5.65. The van der Waals surface area contributed by atoms with Gasteiger partial charge in [0.05, 0.1) is 17.4 Å². The number of aryl methyl sites for hydroxylation is 4. The second-order valence-corrected chi connectivity index (χ2v) is 9.23. The van der Waals surface area contributed by atoms with Crippen LogP contribution in [0.4, 0.5) is 5.69 Å². The number of tetrazole rings is 1. The third kappa shape index (κ3) is 5.64. The molecule has 0 spiro atoms. The van der Waals surface area contributed by atoms with E-state index in [0.717, 1.165) is 29.7 Å². The topological polar surface area (TPSA) is 104 Å². The van der Waals surface area contributed by atoms with Crippen molar-refractivity contribution >= 4 is 29.3 Å². The molecule has 9 heteroatoms. The van der Waals surface area contributed by atoms with Crippen molar-refractivity contribution in [3.8, 4) is 5.69 Å². The lowest BCUT2D eigenvalue weighted by Gasteiger charge is -2.24. The summed E-state index contributed by atoms with van der Waals surface area (Å²) in [5, 5.41) is 24.1. The van der Waals surface area contributed by atoms with Gasteiger partial charge in [-0.3, -0.25) is 4.79 Å². The fourth-order valence-electron chi connectivity index (χ4n) is 4.07. The number of hydrogen-bond acceptors (Lipinski definition) is 7. The normalized spacial score (nSPS) is 11.0. The van der Waals surface area contributed by atoms with E-state index >= 15 is 0 Å². The van der Waals surface area contributed by atoms with Gasteiger partial charge in [-0.25, -0.2) is 0 Å². The van der Waals surface area contributed by atoms with Gasteiger partial charge in [-0.2, -0.15) is 4.68 Å². The van der Waals surface area contributed by atoms with Crippen LogP contribution in [-0.2, 0) is 11.2 Å². The predicted molar refractivity (Wildman–Crippen MR) is 132 cm³/mol. The average molecular weight is 481 g/mol. The van der Waals surface area contributed by atoms with Crippen molar-refractivity contribution in [3.05, 3.63) is 58.1 Å². The summed E-state index contributed by atoms with van der Waals surface area (Å²) in [4.78, 5) is 26.4. The van der Waals surface area contributed by atoms with Crippen LogP contribution in [0.2, 0.25) is 0 Å². The monoisotopic (exact) mass is 480 g/mol. The molecule has 0 atom stereocenters. The molecule has 0 unspecified atom stereocenters. The fourth-order valence-corrected chi connectivity index (χ4v) is 4.83. The molecule has 8 nitrogen and oxygen atoms in total. The number of benzene rings is 2. The molecular weight excluding hydrogens is 450 g/mol. The highest BCUT2D eigenvalue weighted by Gasteiger charge is 2.20. The van der Waals surface area contributed by atoms with Crippen LogP contribution in [0, 0.1) is 20.8 Å². The van der Waals surface area contributed by atoms with Crippen LogP contribution in [0.1, 0.15) is 59.3 Å². The Balaban J connectivity index is 1.84. The van der Waals surface area contributed by atoms with Gasteiger partial charge in [-0.05, 0) is 72.9 Å². The van der Waals surface area contributed by atoms with E-state index in [9.17, 15) is 14.7 Å². The van der Waals surface area contributed by atoms with Crippen LogP contribution < -0.4 is 10.0 Å². The highest BCUT2D eigenvalue weighted by atomic mass is 32.2. The molecule has 2 aromatic carbocycles. The molecule has 180 valence electrons. The molecule has 0 bridgehead atoms. The van der Waals surface area contributed by atoms with E-state index in [-0.39, 0.29) is 17.2 Å². The minimum Gasteiger partial charge on any atom is -0.545 e. The summed E-state index contributed by atoms with van der Waals surface area (Å²) >= 11 is 1.28. The van der Waals surface area contributed by atoms with Crippen molar-refractivity contribution < 1.29 is 14.7 Å². The van der Waals surface area contributed by atoms with Crippen LogP contribution in [0.25, 0.3) is 5.69 Å². The van der Waals surface area contributed by atoms with E-state index < -0.39 is 5.97 Å². The van der Waals surface area contributed by atoms with E-state index in [0.29, 0.717) is 29.4 Å². The largest absolute Gasteiger partial charge is 0.545 e. The lowest BCUT2D eigenvalue weighted by molar-refractivity contribution is -0.255. The molecule has 0 saturated heterocycles. The molecule has 0 radical (unpaired) electrons. The van der Waals surface area contributed by atoms with Crippen LogP contribution >= 0.6 is 11.8 Å². The Labute approximate surface area is 204 Å². The van der Waals surface area contributed by atoms with E-state index in [1.165, 1.54) is 23.4 Å². The van der Waals surface area contributed by atoms with Gasteiger partial charge in [0.1, 0.15) is 0 Å². The predicted octanol–water partition coefficient (Wildman–Crippen LogP) is 3.44. The molecule has 3 rings (SSSR count). The quantitative estimate of drug-likeness (QED) is 0.409. The molecule has 1 heterocycles. The summed E-state index contributed by atoms with van der Waals surface area (Å²) < 4.78 is 1.68. The lowest BCUT2D eigenvalue weighted by Crippen LogP contribution is -2.34. The number of carbonyl (C=O) groups is 2. The number of unbranched alkanes of at least 4 members (excludes halogenated alkanes) is 1. The van der Waals surface area contributed by atoms with Gasteiger partial charge < -0.3 is 14.8 Å². The first-order valence-corrected chi connectivity index (χ1v) is 12.4. The summed E-state index contributed by atoms with van der Waals surface area (Å²) in [6, 6.07) is 9.12. The first-order valence-electron chi connectivity index (χ1n) is 11.4. The highest BCUT2D eigenvalue weighted by molar-refractivity contribution is 7.99. The number of carboxylic acid groups (broad SMARTS) is 1. The summed E-state index contributed by atoms with van der Waals surface area (Å²) in [5.74, 6) is -1.15. The van der Waals surface area contributed by atoms with E-state index in [4.69, 9.17) is 0 Å². The maximum absolute atomic E-state index is 13.3. The summed E-state index contributed by atoms with van der Waals surface area (Å²) in [6.07, 6.45) is 2.30. The Morgan fingerprint density at radius 1 is 1.09 bits per heavy atom. The van der Waals surface area contributed by atoms with Crippen molar-refractivity contribution in [1.29, 1.82) is 0 Å². The van der Waals surface area contributed by atoms with Crippen molar-refractivity contribution in [2.75, 3.05) is 17.2 Å². The van der Waals surface area contributed by atoms with Crippen LogP contribution in [0.15, 0.2) is 35.5 Å². The number of nitrogens with zero attached hydrogens (tertiary/aromatic N) is 5. The number of hydrogen-bond donors (Lipinski definition) is 0. The van der Waals surface area contributed by atoms with Crippen molar-refractivity contribution in [3.63, 3.8) is 0 Å². The van der Waals surface area contributed by atoms with Gasteiger partial charge in [-0.15, -0.1) is 5.10 Å². The molecular formula is C25H30N5O3S-. The van der Waals surface area contributed by atoms with Gasteiger partial charge >= 0.3 is 0 Å². The number of thioether (sulfide) groups is 1. The summed E-state index contributed by atoms with van der Waals surface area (Å²) in [6.45, 7) is 10.6. The van der Waals surface area contributed by atoms with Gasteiger partial charge in [-0.1, -0.05) is 55.8 Å². The summed E-state index contributed by atoms with van der Waals surface area (Å²) in [7, 11) is 0. The zero-order chi connectivity index (χ0) is 24.8. The number of aromatic carboxylic acids is 1. The number of anilines is 1. The zero-order valence-electron chi connectivity index (χ0n) is 20.3. The number of amides is 1. The lowest BCUT2D eigenvalue weighted by atomic mass is 10.0. The Kier molecular flexibility index (Phi) is 8.44. The smallest absolute Gasteiger partial charge is 0.237 e. The third-order valence-corrected chi connectivity index (χ3v) is 6.55. The van der Waals surface area contributed by atoms with E-state index in [2.05, 4.69) is 34.6 Å². The Bertz CT molecular complexity index is 1170. The van der Waals surface area contributed by atoms with Crippen LogP contribution in [-0.4, -0.2) is 44.4 Å².